The summed E-state index contributed by atoms with van der Waals surface area (Å²) < 4.78 is 13.3. The summed E-state index contributed by atoms with van der Waals surface area (Å²) in [6, 6.07) is 16.2. The molecule has 0 amide bonds. The molecule has 0 aliphatic heterocycles. The second-order valence-electron chi connectivity index (χ2n) is 7.16. The van der Waals surface area contributed by atoms with Crippen LogP contribution in [0.3, 0.4) is 0 Å². The second kappa shape index (κ2) is 8.97. The lowest BCUT2D eigenvalue weighted by Gasteiger charge is -2.22. The van der Waals surface area contributed by atoms with E-state index >= 15 is 0 Å². The molecule has 1 fully saturated rings. The summed E-state index contributed by atoms with van der Waals surface area (Å²) in [5.41, 5.74) is 1.83. The molecule has 6 nitrogen and oxygen atoms in total. The monoisotopic (exact) mass is 378 g/mol. The maximum atomic E-state index is 5.86. The van der Waals surface area contributed by atoms with Crippen LogP contribution in [0.2, 0.25) is 0 Å². The maximum Gasteiger partial charge on any atom is 0.214 e. The molecule has 2 aromatic heterocycles. The van der Waals surface area contributed by atoms with Crippen molar-refractivity contribution in [2.45, 2.75) is 51.4 Å². The number of aromatic nitrogens is 4. The Bertz CT molecular complexity index is 889. The van der Waals surface area contributed by atoms with Gasteiger partial charge in [-0.05, 0) is 24.5 Å². The van der Waals surface area contributed by atoms with Crippen LogP contribution in [0.1, 0.15) is 49.5 Å². The fourth-order valence-electron chi connectivity index (χ4n) is 3.66. The minimum atomic E-state index is 0.401. The van der Waals surface area contributed by atoms with E-state index in [1.165, 1.54) is 19.3 Å². The molecule has 2 heterocycles. The molecule has 1 aliphatic rings. The minimum absolute atomic E-state index is 0.401. The van der Waals surface area contributed by atoms with Crippen LogP contribution in [0.5, 0.6) is 5.88 Å². The van der Waals surface area contributed by atoms with Gasteiger partial charge in [-0.2, -0.15) is 0 Å². The Morgan fingerprint density at radius 1 is 0.929 bits per heavy atom. The zero-order chi connectivity index (χ0) is 19.2. The van der Waals surface area contributed by atoms with Gasteiger partial charge in [0.05, 0.1) is 6.04 Å². The van der Waals surface area contributed by atoms with E-state index in [-0.39, 0.29) is 0 Å². The normalized spacial score (nSPS) is 14.9. The molecule has 4 rings (SSSR count). The molecule has 146 valence electrons. The summed E-state index contributed by atoms with van der Waals surface area (Å²) in [4.78, 5) is 9.33. The maximum absolute atomic E-state index is 5.86. The number of ether oxygens (including phenoxy) is 2. The van der Waals surface area contributed by atoms with E-state index in [1.54, 1.807) is 7.11 Å². The van der Waals surface area contributed by atoms with E-state index in [0.29, 0.717) is 31.0 Å². The van der Waals surface area contributed by atoms with Crippen molar-refractivity contribution in [3.05, 3.63) is 59.9 Å². The summed E-state index contributed by atoms with van der Waals surface area (Å²) in [6.07, 6.45) is 6.08. The fourth-order valence-corrected chi connectivity index (χ4v) is 3.66. The van der Waals surface area contributed by atoms with Crippen molar-refractivity contribution in [2.75, 3.05) is 7.11 Å². The number of hydrogen-bond donors (Lipinski definition) is 0. The van der Waals surface area contributed by atoms with Crippen LogP contribution in [-0.4, -0.2) is 26.9 Å². The molecular formula is C22H26N4O2. The fraction of sp³-hybridized carbons (Fsp3) is 0.409. The Labute approximate surface area is 165 Å². The van der Waals surface area contributed by atoms with Gasteiger partial charge in [-0.25, -0.2) is 14.6 Å². The van der Waals surface area contributed by atoms with Crippen LogP contribution in [-0.2, 0) is 18.0 Å². The zero-order valence-corrected chi connectivity index (χ0v) is 16.3. The third-order valence-corrected chi connectivity index (χ3v) is 5.08. The number of hydrogen-bond acceptors (Lipinski definition) is 5. The lowest BCUT2D eigenvalue weighted by Crippen LogP contribution is -2.17. The Morgan fingerprint density at radius 3 is 2.54 bits per heavy atom. The van der Waals surface area contributed by atoms with E-state index in [2.05, 4.69) is 9.67 Å². The Morgan fingerprint density at radius 2 is 1.75 bits per heavy atom. The molecule has 0 radical (unpaired) electrons. The lowest BCUT2D eigenvalue weighted by molar-refractivity contribution is 0.167. The molecule has 0 saturated heterocycles. The van der Waals surface area contributed by atoms with Gasteiger partial charge < -0.3 is 9.47 Å². The predicted octanol–water partition coefficient (Wildman–Crippen LogP) is 4.57. The van der Waals surface area contributed by atoms with Crippen molar-refractivity contribution >= 4 is 0 Å². The molecule has 3 aromatic rings. The zero-order valence-electron chi connectivity index (χ0n) is 16.3. The third kappa shape index (κ3) is 4.39. The summed E-state index contributed by atoms with van der Waals surface area (Å²) >= 11 is 0. The highest BCUT2D eigenvalue weighted by Crippen LogP contribution is 2.29. The van der Waals surface area contributed by atoms with Gasteiger partial charge >= 0.3 is 0 Å². The number of nitrogens with zero attached hydrogens (tertiary/aromatic N) is 4. The van der Waals surface area contributed by atoms with Crippen LogP contribution in [0.15, 0.2) is 48.5 Å². The van der Waals surface area contributed by atoms with Crippen LogP contribution >= 0.6 is 0 Å². The van der Waals surface area contributed by atoms with E-state index in [9.17, 15) is 0 Å². The Balaban J connectivity index is 1.54. The van der Waals surface area contributed by atoms with Crippen molar-refractivity contribution in [3.63, 3.8) is 0 Å². The number of benzene rings is 1. The van der Waals surface area contributed by atoms with Crippen molar-refractivity contribution in [3.8, 4) is 17.4 Å². The molecule has 0 bridgehead atoms. The molecule has 6 heteroatoms. The molecular weight excluding hydrogens is 352 g/mol. The quantitative estimate of drug-likeness (QED) is 0.603. The Kier molecular flexibility index (Phi) is 5.97. The number of rotatable bonds is 7. The Hall–Kier alpha value is -2.73. The summed E-state index contributed by atoms with van der Waals surface area (Å²) in [6.45, 7) is 0.934. The summed E-state index contributed by atoms with van der Waals surface area (Å²) in [7, 11) is 1.69. The standard InChI is InChI=1S/C22H26N4O2/c1-27-16-20-24-22(25-26(20)18-11-6-3-7-12-18)19-13-8-14-21(23-19)28-15-17-9-4-2-5-10-17/h2,4-5,8-10,13-14,18H,3,6-7,11-12,15-16H2,1H3. The molecule has 1 saturated carbocycles. The van der Waals surface area contributed by atoms with Gasteiger partial charge in [0.25, 0.3) is 0 Å². The topological polar surface area (TPSA) is 62.1 Å². The van der Waals surface area contributed by atoms with Crippen molar-refractivity contribution in [1.29, 1.82) is 0 Å². The molecule has 1 aromatic carbocycles. The van der Waals surface area contributed by atoms with Crippen LogP contribution in [0.25, 0.3) is 11.5 Å². The van der Waals surface area contributed by atoms with Crippen LogP contribution < -0.4 is 4.74 Å². The highest BCUT2D eigenvalue weighted by atomic mass is 16.5. The molecule has 0 N–H and O–H groups in total. The average Bonchev–Trinajstić information content (AvgIpc) is 3.18. The van der Waals surface area contributed by atoms with E-state index in [4.69, 9.17) is 19.6 Å². The molecule has 0 atom stereocenters. The minimum Gasteiger partial charge on any atom is -0.473 e. The molecule has 0 spiro atoms. The number of pyridine rings is 1. The van der Waals surface area contributed by atoms with E-state index in [0.717, 1.165) is 29.9 Å². The second-order valence-corrected chi connectivity index (χ2v) is 7.16. The van der Waals surface area contributed by atoms with E-state index in [1.807, 2.05) is 48.5 Å². The highest BCUT2D eigenvalue weighted by molar-refractivity contribution is 5.49. The first-order chi connectivity index (χ1) is 13.8. The average molecular weight is 378 g/mol. The SMILES string of the molecule is COCc1nc(-c2cccc(OCc3ccccc3)n2)nn1C1CCCCC1. The molecule has 28 heavy (non-hydrogen) atoms. The van der Waals surface area contributed by atoms with Crippen LogP contribution in [0, 0.1) is 0 Å². The van der Waals surface area contributed by atoms with E-state index < -0.39 is 0 Å². The van der Waals surface area contributed by atoms with Crippen LogP contribution in [0.4, 0.5) is 0 Å². The van der Waals surface area contributed by atoms with Gasteiger partial charge in [0, 0.05) is 13.2 Å². The van der Waals surface area contributed by atoms with Crippen molar-refractivity contribution < 1.29 is 9.47 Å². The third-order valence-electron chi connectivity index (χ3n) is 5.08. The predicted molar refractivity (Wildman–Crippen MR) is 107 cm³/mol. The summed E-state index contributed by atoms with van der Waals surface area (Å²) in [5.74, 6) is 2.06. The van der Waals surface area contributed by atoms with Crippen molar-refractivity contribution in [2.24, 2.45) is 0 Å². The van der Waals surface area contributed by atoms with Gasteiger partial charge in [-0.3, -0.25) is 0 Å². The molecule has 0 unspecified atom stereocenters. The number of methoxy groups -OCH3 is 1. The van der Waals surface area contributed by atoms with Gasteiger partial charge in [0.1, 0.15) is 18.9 Å². The lowest BCUT2D eigenvalue weighted by atomic mass is 9.96. The van der Waals surface area contributed by atoms with Gasteiger partial charge in [0.2, 0.25) is 5.88 Å². The first kappa shape index (κ1) is 18.6. The van der Waals surface area contributed by atoms with Gasteiger partial charge in [0.15, 0.2) is 11.6 Å². The van der Waals surface area contributed by atoms with Gasteiger partial charge in [-0.1, -0.05) is 55.7 Å². The summed E-state index contributed by atoms with van der Waals surface area (Å²) in [5, 5.41) is 4.79. The van der Waals surface area contributed by atoms with Gasteiger partial charge in [-0.15, -0.1) is 5.10 Å². The first-order valence-electron chi connectivity index (χ1n) is 9.92. The largest absolute Gasteiger partial charge is 0.473 e. The highest BCUT2D eigenvalue weighted by Gasteiger charge is 2.22. The van der Waals surface area contributed by atoms with Crippen molar-refractivity contribution in [1.82, 2.24) is 19.7 Å². The smallest absolute Gasteiger partial charge is 0.214 e. The first-order valence-corrected chi connectivity index (χ1v) is 9.92. The molecule has 1 aliphatic carbocycles.